The molecule has 13 heteroatoms. The fourth-order valence-electron chi connectivity index (χ4n) is 3.19. The summed E-state index contributed by atoms with van der Waals surface area (Å²) in [5.74, 6) is -0.433. The third kappa shape index (κ3) is 4.02. The lowest BCUT2D eigenvalue weighted by Crippen LogP contribution is -2.41. The van der Waals surface area contributed by atoms with Crippen LogP contribution in [-0.4, -0.2) is 68.5 Å². The summed E-state index contributed by atoms with van der Waals surface area (Å²) in [4.78, 5) is 25.5. The second-order valence-corrected chi connectivity index (χ2v) is 7.04. The SMILES string of the molecule is COCCOCOc1ccc2c(c1)[C@H]1CN(C(=O)N1OS(=O)(=O)O)C2C(N)=O. The number of carbonyl (C=O) groups excluding carboxylic acids is 2. The number of rotatable bonds is 9. The molecule has 3 rings (SSSR count). The predicted molar refractivity (Wildman–Crippen MR) is 91.0 cm³/mol. The van der Waals surface area contributed by atoms with Gasteiger partial charge in [-0.3, -0.25) is 9.35 Å². The molecule has 2 heterocycles. The van der Waals surface area contributed by atoms with Gasteiger partial charge in [-0.2, -0.15) is 13.5 Å². The zero-order valence-electron chi connectivity index (χ0n) is 14.8. The Kier molecular flexibility index (Phi) is 5.71. The average Bonchev–Trinajstić information content (AvgIpc) is 2.87. The van der Waals surface area contributed by atoms with E-state index in [1.54, 1.807) is 12.1 Å². The zero-order valence-corrected chi connectivity index (χ0v) is 15.6. The van der Waals surface area contributed by atoms with E-state index in [4.69, 9.17) is 24.5 Å². The van der Waals surface area contributed by atoms with Crippen LogP contribution in [0.5, 0.6) is 5.75 Å². The van der Waals surface area contributed by atoms with E-state index in [2.05, 4.69) is 4.28 Å². The highest BCUT2D eigenvalue weighted by Gasteiger charge is 2.51. The Morgan fingerprint density at radius 3 is 2.71 bits per heavy atom. The molecule has 1 unspecified atom stereocenters. The van der Waals surface area contributed by atoms with Crippen molar-refractivity contribution >= 4 is 22.3 Å². The zero-order chi connectivity index (χ0) is 20.5. The molecule has 1 aromatic rings. The van der Waals surface area contributed by atoms with E-state index in [1.165, 1.54) is 13.2 Å². The molecule has 2 aliphatic heterocycles. The Morgan fingerprint density at radius 1 is 1.32 bits per heavy atom. The minimum Gasteiger partial charge on any atom is -0.468 e. The number of hydrogen-bond acceptors (Lipinski definition) is 8. The summed E-state index contributed by atoms with van der Waals surface area (Å²) in [5, 5.41) is 0.496. The summed E-state index contributed by atoms with van der Waals surface area (Å²) in [5.41, 5.74) is 6.26. The lowest BCUT2D eigenvalue weighted by atomic mass is 9.90. The van der Waals surface area contributed by atoms with Crippen LogP contribution in [0, 0.1) is 0 Å². The molecular formula is C15H19N3O9S. The Balaban J connectivity index is 1.89. The number of carbonyl (C=O) groups is 2. The van der Waals surface area contributed by atoms with Crippen LogP contribution >= 0.6 is 0 Å². The van der Waals surface area contributed by atoms with Crippen LogP contribution in [0.3, 0.4) is 0 Å². The number of primary amides is 1. The highest BCUT2D eigenvalue weighted by Crippen LogP contribution is 2.45. The standard InChI is InChI=1S/C15H19N3O9S/c1-24-4-5-25-8-26-9-2-3-10-11(6-9)12-7-17(13(10)14(16)19)15(20)18(12)27-28(21,22)23/h2-3,6,12-13H,4-5,7-8H2,1H3,(H2,16,19)(H,21,22,23)/t12-,13?/m1/s1. The maximum atomic E-state index is 12.5. The Morgan fingerprint density at radius 2 is 2.07 bits per heavy atom. The molecule has 2 bridgehead atoms. The van der Waals surface area contributed by atoms with Crippen molar-refractivity contribution in [2.45, 2.75) is 12.1 Å². The number of amides is 3. The van der Waals surface area contributed by atoms with Gasteiger partial charge in [0, 0.05) is 7.11 Å². The number of methoxy groups -OCH3 is 1. The van der Waals surface area contributed by atoms with Crippen molar-refractivity contribution in [1.82, 2.24) is 9.96 Å². The molecule has 0 aliphatic carbocycles. The maximum absolute atomic E-state index is 12.5. The van der Waals surface area contributed by atoms with E-state index in [0.29, 0.717) is 35.2 Å². The summed E-state index contributed by atoms with van der Waals surface area (Å²) in [6.07, 6.45) is 0. The lowest BCUT2D eigenvalue weighted by molar-refractivity contribution is -0.122. The van der Waals surface area contributed by atoms with E-state index in [1.807, 2.05) is 0 Å². The molecule has 154 valence electrons. The summed E-state index contributed by atoms with van der Waals surface area (Å²) in [6.45, 7) is 0.605. The summed E-state index contributed by atoms with van der Waals surface area (Å²) in [7, 11) is -3.42. The fourth-order valence-corrected chi connectivity index (χ4v) is 3.56. The van der Waals surface area contributed by atoms with Crippen molar-refractivity contribution in [2.75, 3.05) is 33.7 Å². The van der Waals surface area contributed by atoms with Gasteiger partial charge >= 0.3 is 16.4 Å². The van der Waals surface area contributed by atoms with Gasteiger partial charge in [0.1, 0.15) is 17.8 Å². The van der Waals surface area contributed by atoms with Crippen LogP contribution in [0.1, 0.15) is 23.2 Å². The molecule has 2 aliphatic rings. The Hall–Kier alpha value is -2.45. The Labute approximate surface area is 160 Å². The minimum atomic E-state index is -4.95. The summed E-state index contributed by atoms with van der Waals surface area (Å²) in [6, 6.07) is 1.75. The minimum absolute atomic E-state index is 0.0528. The molecule has 1 aromatic carbocycles. The molecule has 0 saturated carbocycles. The van der Waals surface area contributed by atoms with Gasteiger partial charge in [-0.05, 0) is 23.3 Å². The van der Waals surface area contributed by atoms with E-state index in [9.17, 15) is 18.0 Å². The summed E-state index contributed by atoms with van der Waals surface area (Å²) < 4.78 is 51.2. The van der Waals surface area contributed by atoms with Crippen LogP contribution in [0.15, 0.2) is 18.2 Å². The topological polar surface area (TPSA) is 158 Å². The third-order valence-electron chi connectivity index (χ3n) is 4.30. The molecule has 3 N–H and O–H groups in total. The van der Waals surface area contributed by atoms with Gasteiger partial charge in [0.2, 0.25) is 5.91 Å². The second kappa shape index (κ2) is 7.89. The third-order valence-corrected chi connectivity index (χ3v) is 4.64. The molecule has 1 fully saturated rings. The van der Waals surface area contributed by atoms with Gasteiger partial charge in [-0.15, -0.1) is 4.28 Å². The van der Waals surface area contributed by atoms with Gasteiger partial charge in [0.25, 0.3) is 0 Å². The fraction of sp³-hybridized carbons (Fsp3) is 0.467. The van der Waals surface area contributed by atoms with Crippen LogP contribution < -0.4 is 10.5 Å². The number of fused-ring (bicyclic) bond motifs is 4. The first-order valence-electron chi connectivity index (χ1n) is 8.12. The largest absolute Gasteiger partial charge is 0.468 e. The van der Waals surface area contributed by atoms with Crippen molar-refractivity contribution in [1.29, 1.82) is 0 Å². The van der Waals surface area contributed by atoms with Crippen molar-refractivity contribution in [3.63, 3.8) is 0 Å². The second-order valence-electron chi connectivity index (χ2n) is 6.04. The normalized spacial score (nSPS) is 21.0. The van der Waals surface area contributed by atoms with Crippen molar-refractivity contribution in [3.05, 3.63) is 29.3 Å². The highest BCUT2D eigenvalue weighted by atomic mass is 32.3. The van der Waals surface area contributed by atoms with Crippen LogP contribution in [-0.2, 0) is 29.0 Å². The van der Waals surface area contributed by atoms with Gasteiger partial charge in [0.05, 0.1) is 19.8 Å². The number of hydrogen-bond donors (Lipinski definition) is 2. The van der Waals surface area contributed by atoms with E-state index >= 15 is 0 Å². The smallest absolute Gasteiger partial charge is 0.418 e. The van der Waals surface area contributed by atoms with E-state index < -0.39 is 34.4 Å². The first kappa shape index (κ1) is 20.3. The number of hydroxylamine groups is 2. The van der Waals surface area contributed by atoms with Crippen LogP contribution in [0.2, 0.25) is 0 Å². The summed E-state index contributed by atoms with van der Waals surface area (Å²) >= 11 is 0. The molecule has 12 nitrogen and oxygen atoms in total. The predicted octanol–water partition coefficient (Wildman–Crippen LogP) is -0.261. The molecule has 0 spiro atoms. The van der Waals surface area contributed by atoms with E-state index in [-0.39, 0.29) is 13.3 Å². The van der Waals surface area contributed by atoms with Gasteiger partial charge in [0.15, 0.2) is 6.79 Å². The number of nitrogens with zero attached hydrogens (tertiary/aromatic N) is 2. The van der Waals surface area contributed by atoms with Crippen LogP contribution in [0.4, 0.5) is 4.79 Å². The molecule has 0 radical (unpaired) electrons. The monoisotopic (exact) mass is 417 g/mol. The van der Waals surface area contributed by atoms with Crippen molar-refractivity contribution in [3.8, 4) is 5.75 Å². The number of urea groups is 1. The first-order valence-corrected chi connectivity index (χ1v) is 9.49. The van der Waals surface area contributed by atoms with Crippen molar-refractivity contribution in [2.24, 2.45) is 5.73 Å². The number of ether oxygens (including phenoxy) is 3. The maximum Gasteiger partial charge on any atom is 0.418 e. The Bertz CT molecular complexity index is 876. The first-order chi connectivity index (χ1) is 13.2. The molecule has 3 amide bonds. The molecule has 0 aromatic heterocycles. The number of nitrogens with two attached hydrogens (primary N) is 1. The molecule has 2 atom stereocenters. The van der Waals surface area contributed by atoms with Gasteiger partial charge < -0.3 is 24.8 Å². The lowest BCUT2D eigenvalue weighted by Gasteiger charge is -2.30. The van der Waals surface area contributed by atoms with Gasteiger partial charge in [-0.1, -0.05) is 6.07 Å². The quantitative estimate of drug-likeness (QED) is 0.314. The number of benzene rings is 1. The van der Waals surface area contributed by atoms with Crippen molar-refractivity contribution < 1.29 is 41.1 Å². The molecule has 28 heavy (non-hydrogen) atoms. The van der Waals surface area contributed by atoms with Gasteiger partial charge in [-0.25, -0.2) is 4.79 Å². The van der Waals surface area contributed by atoms with E-state index in [0.717, 1.165) is 4.90 Å². The molecular weight excluding hydrogens is 398 g/mol. The molecule has 1 saturated heterocycles. The average molecular weight is 417 g/mol. The highest BCUT2D eigenvalue weighted by molar-refractivity contribution is 7.80. The van der Waals surface area contributed by atoms with Crippen LogP contribution in [0.25, 0.3) is 0 Å².